The Morgan fingerprint density at radius 2 is 1.81 bits per heavy atom. The summed E-state index contributed by atoms with van der Waals surface area (Å²) in [5, 5.41) is 3.49. The van der Waals surface area contributed by atoms with E-state index in [1.165, 1.54) is 0 Å². The van der Waals surface area contributed by atoms with Crippen molar-refractivity contribution in [1.29, 1.82) is 0 Å². The summed E-state index contributed by atoms with van der Waals surface area (Å²) in [5.41, 5.74) is 3.38. The van der Waals surface area contributed by atoms with Gasteiger partial charge in [-0.2, -0.15) is 0 Å². The highest BCUT2D eigenvalue weighted by atomic mass is 35.5. The van der Waals surface area contributed by atoms with Crippen LogP contribution in [0.4, 0.5) is 5.69 Å². The molecule has 2 aromatic carbocycles. The first kappa shape index (κ1) is 18.5. The minimum atomic E-state index is -0.212. The molecular weight excluding hydrogens is 348 g/mol. The Labute approximate surface area is 159 Å². The Balaban J connectivity index is 1.71. The van der Waals surface area contributed by atoms with E-state index < -0.39 is 0 Å². The van der Waals surface area contributed by atoms with Gasteiger partial charge in [0.1, 0.15) is 0 Å². The van der Waals surface area contributed by atoms with Crippen molar-refractivity contribution in [3.8, 4) is 0 Å². The summed E-state index contributed by atoms with van der Waals surface area (Å²) >= 11 is 5.97. The maximum Gasteiger partial charge on any atom is 0.254 e. The number of piperidine rings is 1. The summed E-state index contributed by atoms with van der Waals surface area (Å²) in [4.78, 5) is 27.4. The average molecular weight is 371 g/mol. The predicted octanol–water partition coefficient (Wildman–Crippen LogP) is 4.45. The summed E-state index contributed by atoms with van der Waals surface area (Å²) in [6.07, 6.45) is 1.60. The lowest BCUT2D eigenvalue weighted by atomic mass is 9.95. The second-order valence-electron chi connectivity index (χ2n) is 6.86. The molecule has 1 N–H and O–H groups in total. The summed E-state index contributed by atoms with van der Waals surface area (Å²) in [6.45, 7) is 5.04. The molecule has 1 aliphatic heterocycles. The number of carbonyl (C=O) groups excluding carboxylic acids is 2. The molecule has 136 valence electrons. The minimum absolute atomic E-state index is 0.0147. The van der Waals surface area contributed by atoms with E-state index in [0.717, 1.165) is 29.5 Å². The molecule has 0 saturated carbocycles. The number of aryl methyl sites for hydroxylation is 2. The number of anilines is 1. The van der Waals surface area contributed by atoms with Gasteiger partial charge >= 0.3 is 0 Å². The first-order chi connectivity index (χ1) is 12.5. The van der Waals surface area contributed by atoms with Gasteiger partial charge in [0.25, 0.3) is 5.91 Å². The molecule has 0 radical (unpaired) electrons. The number of amides is 2. The number of carbonyl (C=O) groups is 2. The lowest BCUT2D eigenvalue weighted by molar-refractivity contribution is -0.121. The van der Waals surface area contributed by atoms with Gasteiger partial charge in [-0.3, -0.25) is 9.59 Å². The number of hydrogen-bond donors (Lipinski definition) is 1. The quantitative estimate of drug-likeness (QED) is 0.867. The third kappa shape index (κ3) is 4.07. The van der Waals surface area contributed by atoms with Crippen molar-refractivity contribution in [3.63, 3.8) is 0 Å². The van der Waals surface area contributed by atoms with Gasteiger partial charge in [-0.15, -0.1) is 0 Å². The van der Waals surface area contributed by atoms with E-state index in [0.29, 0.717) is 23.8 Å². The van der Waals surface area contributed by atoms with Crippen molar-refractivity contribution in [2.24, 2.45) is 5.92 Å². The van der Waals surface area contributed by atoms with Crippen molar-refractivity contribution in [2.75, 3.05) is 18.4 Å². The standard InChI is InChI=1S/C21H23ClN2O2/c1-14-6-3-7-15(2)19(14)21(26)24-11-5-8-16(13-24)20(25)23-18-10-4-9-17(22)12-18/h3-4,6-7,9-10,12,16H,5,8,11,13H2,1-2H3,(H,23,25). The van der Waals surface area contributed by atoms with Crippen LogP contribution < -0.4 is 5.32 Å². The van der Waals surface area contributed by atoms with Crippen LogP contribution in [0.2, 0.25) is 5.02 Å². The Bertz CT molecular complexity index is 814. The van der Waals surface area contributed by atoms with E-state index in [1.54, 1.807) is 23.1 Å². The third-order valence-electron chi connectivity index (χ3n) is 4.87. The van der Waals surface area contributed by atoms with Crippen LogP contribution in [0, 0.1) is 19.8 Å². The molecule has 26 heavy (non-hydrogen) atoms. The van der Waals surface area contributed by atoms with Crippen LogP contribution in [0.1, 0.15) is 34.3 Å². The Kier molecular flexibility index (Phi) is 5.62. The van der Waals surface area contributed by atoms with Crippen molar-refractivity contribution >= 4 is 29.1 Å². The second kappa shape index (κ2) is 7.92. The summed E-state index contributed by atoms with van der Waals surface area (Å²) < 4.78 is 0. The highest BCUT2D eigenvalue weighted by Gasteiger charge is 2.30. The fraction of sp³-hybridized carbons (Fsp3) is 0.333. The number of nitrogens with zero attached hydrogens (tertiary/aromatic N) is 1. The molecule has 1 aliphatic rings. The van der Waals surface area contributed by atoms with E-state index in [2.05, 4.69) is 5.32 Å². The Morgan fingerprint density at radius 1 is 1.12 bits per heavy atom. The van der Waals surface area contributed by atoms with Gasteiger partial charge in [0.15, 0.2) is 0 Å². The summed E-state index contributed by atoms with van der Waals surface area (Å²) in [7, 11) is 0. The first-order valence-corrected chi connectivity index (χ1v) is 9.25. The molecule has 4 nitrogen and oxygen atoms in total. The van der Waals surface area contributed by atoms with E-state index in [9.17, 15) is 9.59 Å². The molecule has 0 bridgehead atoms. The largest absolute Gasteiger partial charge is 0.338 e. The Morgan fingerprint density at radius 3 is 2.50 bits per heavy atom. The van der Waals surface area contributed by atoms with Crippen LogP contribution in [0.15, 0.2) is 42.5 Å². The molecule has 0 spiro atoms. The molecular formula is C21H23ClN2O2. The van der Waals surface area contributed by atoms with Crippen LogP contribution in [-0.2, 0) is 4.79 Å². The predicted molar refractivity (Wildman–Crippen MR) is 105 cm³/mol. The van der Waals surface area contributed by atoms with Gasteiger partial charge in [0.05, 0.1) is 5.92 Å². The van der Waals surface area contributed by atoms with Crippen LogP contribution in [0.25, 0.3) is 0 Å². The maximum absolute atomic E-state index is 13.0. The van der Waals surface area contributed by atoms with Crippen molar-refractivity contribution in [3.05, 3.63) is 64.2 Å². The molecule has 1 heterocycles. The topological polar surface area (TPSA) is 49.4 Å². The molecule has 5 heteroatoms. The summed E-state index contributed by atoms with van der Waals surface area (Å²) in [5.74, 6) is -0.261. The van der Waals surface area contributed by atoms with Crippen LogP contribution in [0.5, 0.6) is 0 Å². The smallest absolute Gasteiger partial charge is 0.254 e. The third-order valence-corrected chi connectivity index (χ3v) is 5.10. The van der Waals surface area contributed by atoms with E-state index in [4.69, 9.17) is 11.6 Å². The zero-order valence-electron chi connectivity index (χ0n) is 15.1. The van der Waals surface area contributed by atoms with Gasteiger partial charge in [0.2, 0.25) is 5.91 Å². The molecule has 0 aromatic heterocycles. The zero-order valence-corrected chi connectivity index (χ0v) is 15.8. The molecule has 0 aliphatic carbocycles. The van der Waals surface area contributed by atoms with Crippen LogP contribution in [-0.4, -0.2) is 29.8 Å². The lowest BCUT2D eigenvalue weighted by Gasteiger charge is -2.32. The monoisotopic (exact) mass is 370 g/mol. The van der Waals surface area contributed by atoms with Crippen LogP contribution >= 0.6 is 11.6 Å². The first-order valence-electron chi connectivity index (χ1n) is 8.87. The SMILES string of the molecule is Cc1cccc(C)c1C(=O)N1CCCC(C(=O)Nc2cccc(Cl)c2)C1. The zero-order chi connectivity index (χ0) is 18.7. The van der Waals surface area contributed by atoms with Crippen molar-refractivity contribution in [2.45, 2.75) is 26.7 Å². The normalized spacial score (nSPS) is 17.0. The highest BCUT2D eigenvalue weighted by Crippen LogP contribution is 2.23. The molecule has 2 amide bonds. The second-order valence-corrected chi connectivity index (χ2v) is 7.29. The van der Waals surface area contributed by atoms with Gasteiger partial charge in [-0.25, -0.2) is 0 Å². The van der Waals surface area contributed by atoms with Crippen molar-refractivity contribution in [1.82, 2.24) is 4.90 Å². The molecule has 1 unspecified atom stereocenters. The van der Waals surface area contributed by atoms with Gasteiger partial charge in [-0.05, 0) is 56.0 Å². The molecule has 1 saturated heterocycles. The fourth-order valence-corrected chi connectivity index (χ4v) is 3.69. The van der Waals surface area contributed by atoms with Gasteiger partial charge in [0, 0.05) is 29.4 Å². The number of halogens is 1. The van der Waals surface area contributed by atoms with Gasteiger partial charge < -0.3 is 10.2 Å². The van der Waals surface area contributed by atoms with E-state index >= 15 is 0 Å². The van der Waals surface area contributed by atoms with Gasteiger partial charge in [-0.1, -0.05) is 35.9 Å². The minimum Gasteiger partial charge on any atom is -0.338 e. The maximum atomic E-state index is 13.0. The number of benzene rings is 2. The molecule has 2 aromatic rings. The highest BCUT2D eigenvalue weighted by molar-refractivity contribution is 6.30. The number of rotatable bonds is 3. The average Bonchev–Trinajstić information content (AvgIpc) is 2.61. The molecule has 1 fully saturated rings. The van der Waals surface area contributed by atoms with E-state index in [-0.39, 0.29) is 17.7 Å². The van der Waals surface area contributed by atoms with E-state index in [1.807, 2.05) is 38.1 Å². The molecule has 1 atom stereocenters. The molecule has 3 rings (SSSR count). The Hall–Kier alpha value is -2.33. The number of hydrogen-bond acceptors (Lipinski definition) is 2. The van der Waals surface area contributed by atoms with Crippen LogP contribution in [0.3, 0.4) is 0 Å². The van der Waals surface area contributed by atoms with Crippen molar-refractivity contribution < 1.29 is 9.59 Å². The number of nitrogens with one attached hydrogen (secondary N) is 1. The lowest BCUT2D eigenvalue weighted by Crippen LogP contribution is -2.44. The number of likely N-dealkylation sites (tertiary alicyclic amines) is 1. The summed E-state index contributed by atoms with van der Waals surface area (Å²) in [6, 6.07) is 13.0. The fourth-order valence-electron chi connectivity index (χ4n) is 3.50.